The van der Waals surface area contributed by atoms with Crippen molar-refractivity contribution in [2.24, 2.45) is 5.92 Å². The largest absolute Gasteiger partial charge is 0.472 e. The van der Waals surface area contributed by atoms with E-state index in [1.54, 1.807) is 0 Å². The van der Waals surface area contributed by atoms with Gasteiger partial charge in [-0.05, 0) is 31.6 Å². The van der Waals surface area contributed by atoms with Gasteiger partial charge < -0.3 is 33.8 Å². The summed E-state index contributed by atoms with van der Waals surface area (Å²) in [5.74, 6) is -1.29. The summed E-state index contributed by atoms with van der Waals surface area (Å²) in [6.45, 7) is 7.35. The Labute approximate surface area is 638 Å². The monoisotopic (exact) mass is 1520 g/mol. The van der Waals surface area contributed by atoms with E-state index in [0.717, 1.165) is 109 Å². The highest BCUT2D eigenvalue weighted by Crippen LogP contribution is 2.45. The molecule has 0 amide bonds. The van der Waals surface area contributed by atoms with E-state index in [4.69, 9.17) is 37.0 Å². The molecule has 0 aromatic carbocycles. The number of aliphatic hydroxyl groups is 1. The minimum absolute atomic E-state index is 0.108. The molecule has 0 fully saturated rings. The van der Waals surface area contributed by atoms with Gasteiger partial charge in [0.15, 0.2) is 12.2 Å². The molecule has 0 aliphatic rings. The number of aliphatic hydroxyl groups excluding tert-OH is 1. The Bertz CT molecular complexity index is 1980. The number of phosphoric acid groups is 2. The molecule has 17 nitrogen and oxygen atoms in total. The van der Waals surface area contributed by atoms with Crippen molar-refractivity contribution < 1.29 is 80.2 Å². The van der Waals surface area contributed by atoms with Crippen molar-refractivity contribution in [2.45, 2.75) is 477 Å². The molecule has 0 bridgehead atoms. The molecule has 104 heavy (non-hydrogen) atoms. The average Bonchev–Trinajstić information content (AvgIpc) is 1.20. The quantitative estimate of drug-likeness (QED) is 0.0222. The summed E-state index contributed by atoms with van der Waals surface area (Å²) in [6, 6.07) is 0. The van der Waals surface area contributed by atoms with Gasteiger partial charge in [-0.3, -0.25) is 37.3 Å². The van der Waals surface area contributed by atoms with Crippen molar-refractivity contribution >= 4 is 39.5 Å². The molecule has 0 heterocycles. The van der Waals surface area contributed by atoms with Crippen molar-refractivity contribution in [2.75, 3.05) is 39.6 Å². The molecule has 0 aromatic rings. The fourth-order valence-electron chi connectivity index (χ4n) is 13.3. The van der Waals surface area contributed by atoms with Crippen LogP contribution >= 0.6 is 15.6 Å². The summed E-state index contributed by atoms with van der Waals surface area (Å²) in [5, 5.41) is 10.6. The molecule has 0 aromatic heterocycles. The van der Waals surface area contributed by atoms with E-state index in [-0.39, 0.29) is 25.7 Å². The third kappa shape index (κ3) is 78.2. The fourth-order valence-corrected chi connectivity index (χ4v) is 14.9. The zero-order valence-electron chi connectivity index (χ0n) is 68.2. The lowest BCUT2D eigenvalue weighted by Crippen LogP contribution is -2.30. The first-order valence-corrected chi connectivity index (χ1v) is 47.1. The summed E-state index contributed by atoms with van der Waals surface area (Å²) in [4.78, 5) is 73.0. The molecular formula is C85H166O17P2. The van der Waals surface area contributed by atoms with Crippen LogP contribution in [-0.2, 0) is 65.4 Å². The number of hydrogen-bond donors (Lipinski definition) is 3. The number of carbonyl (C=O) groups is 4. The SMILES string of the molecule is CCCCCCCCCCCCCCCCCCCCCCCCC(=O)O[C@H](COC(=O)CCCCCCCCCCCCCCCCCCC(C)C)COP(=O)(O)OC[C@@H](O)COP(=O)(O)OC[C@@H](COC(=O)CCCCCCCCC)OC(=O)CCCCCCCCCCCCCCCCCC. The summed E-state index contributed by atoms with van der Waals surface area (Å²) >= 11 is 0. The topological polar surface area (TPSA) is 237 Å². The first kappa shape index (κ1) is 102. The van der Waals surface area contributed by atoms with E-state index in [0.29, 0.717) is 25.7 Å². The zero-order valence-corrected chi connectivity index (χ0v) is 70.0. The van der Waals surface area contributed by atoms with Crippen LogP contribution in [0.5, 0.6) is 0 Å². The predicted octanol–water partition coefficient (Wildman–Crippen LogP) is 26.0. The van der Waals surface area contributed by atoms with E-state index >= 15 is 0 Å². The lowest BCUT2D eigenvalue weighted by Gasteiger charge is -2.21. The standard InChI is InChI=1S/C85H166O17P2/c1-6-9-12-15-18-20-22-24-26-28-29-30-31-32-33-39-43-47-51-56-61-66-71-85(90)102-81(75-96-83(88)69-64-59-54-49-45-41-38-35-34-36-40-44-48-53-57-62-67-78(4)5)77-100-104(93,94)98-73-79(86)72-97-103(91,92)99-76-80(74-95-82(87)68-63-58-52-17-14-11-8-3)101-84(89)70-65-60-55-50-46-42-37-27-25-23-21-19-16-13-10-7-2/h78-81,86H,6-77H2,1-5H3,(H,91,92)(H,93,94)/t79-,80+,81+/m0/s1. The number of rotatable bonds is 85. The maximum Gasteiger partial charge on any atom is 0.472 e. The van der Waals surface area contributed by atoms with E-state index in [1.807, 2.05) is 0 Å². The van der Waals surface area contributed by atoms with Gasteiger partial charge >= 0.3 is 39.5 Å². The Hall–Kier alpha value is -1.94. The molecule has 0 saturated heterocycles. The maximum atomic E-state index is 13.1. The smallest absolute Gasteiger partial charge is 0.462 e. The molecule has 0 spiro atoms. The number of phosphoric ester groups is 2. The van der Waals surface area contributed by atoms with Gasteiger partial charge in [0.05, 0.1) is 26.4 Å². The Balaban J connectivity index is 5.16. The van der Waals surface area contributed by atoms with Gasteiger partial charge in [-0.15, -0.1) is 0 Å². The second kappa shape index (κ2) is 77.8. The molecule has 618 valence electrons. The molecule has 0 aliphatic carbocycles. The lowest BCUT2D eigenvalue weighted by atomic mass is 10.0. The van der Waals surface area contributed by atoms with Crippen LogP contribution in [0.15, 0.2) is 0 Å². The molecule has 0 saturated carbocycles. The van der Waals surface area contributed by atoms with Crippen LogP contribution in [0.25, 0.3) is 0 Å². The van der Waals surface area contributed by atoms with Gasteiger partial charge in [0.1, 0.15) is 19.3 Å². The number of unbranched alkanes of at least 4 members (excludes halogenated alkanes) is 57. The Morgan fingerprint density at radius 2 is 0.442 bits per heavy atom. The second-order valence-electron chi connectivity index (χ2n) is 31.1. The minimum atomic E-state index is -4.96. The first-order chi connectivity index (χ1) is 50.5. The highest BCUT2D eigenvalue weighted by atomic mass is 31.2. The van der Waals surface area contributed by atoms with Gasteiger partial charge in [0, 0.05) is 25.7 Å². The van der Waals surface area contributed by atoms with Crippen LogP contribution in [0.4, 0.5) is 0 Å². The highest BCUT2D eigenvalue weighted by Gasteiger charge is 2.30. The van der Waals surface area contributed by atoms with Crippen LogP contribution < -0.4 is 0 Å². The third-order valence-corrected chi connectivity index (χ3v) is 21.9. The van der Waals surface area contributed by atoms with Gasteiger partial charge in [0.25, 0.3) is 0 Å². The average molecular weight is 1520 g/mol. The number of esters is 4. The summed E-state index contributed by atoms with van der Waals surface area (Å²) in [5.41, 5.74) is 0. The van der Waals surface area contributed by atoms with Crippen LogP contribution in [0.2, 0.25) is 0 Å². The van der Waals surface area contributed by atoms with Gasteiger partial charge in [0.2, 0.25) is 0 Å². The second-order valence-corrected chi connectivity index (χ2v) is 34.0. The van der Waals surface area contributed by atoms with Gasteiger partial charge in [-0.2, -0.15) is 0 Å². The molecule has 0 aliphatic heterocycles. The Kier molecular flexibility index (Phi) is 76.3. The molecule has 2 unspecified atom stereocenters. The van der Waals surface area contributed by atoms with Crippen molar-refractivity contribution in [1.82, 2.24) is 0 Å². The van der Waals surface area contributed by atoms with Crippen LogP contribution in [0.3, 0.4) is 0 Å². The van der Waals surface area contributed by atoms with Crippen LogP contribution in [0.1, 0.15) is 458 Å². The van der Waals surface area contributed by atoms with Crippen molar-refractivity contribution in [3.05, 3.63) is 0 Å². The van der Waals surface area contributed by atoms with Gasteiger partial charge in [-0.25, -0.2) is 9.13 Å². The summed E-state index contributed by atoms with van der Waals surface area (Å²) in [7, 11) is -9.92. The van der Waals surface area contributed by atoms with E-state index in [2.05, 4.69) is 34.6 Å². The van der Waals surface area contributed by atoms with Crippen LogP contribution in [0, 0.1) is 5.92 Å². The molecular weight excluding hydrogens is 1350 g/mol. The molecule has 19 heteroatoms. The summed E-state index contributed by atoms with van der Waals surface area (Å²) in [6.07, 6.45) is 71.1. The fraction of sp³-hybridized carbons (Fsp3) is 0.953. The predicted molar refractivity (Wildman–Crippen MR) is 428 cm³/mol. The summed E-state index contributed by atoms with van der Waals surface area (Å²) < 4.78 is 68.7. The number of hydrogen-bond acceptors (Lipinski definition) is 15. The van der Waals surface area contributed by atoms with E-state index < -0.39 is 97.5 Å². The molecule has 0 radical (unpaired) electrons. The Morgan fingerprint density at radius 1 is 0.260 bits per heavy atom. The van der Waals surface area contributed by atoms with Crippen molar-refractivity contribution in [3.8, 4) is 0 Å². The zero-order chi connectivity index (χ0) is 76.2. The van der Waals surface area contributed by atoms with Crippen molar-refractivity contribution in [3.63, 3.8) is 0 Å². The lowest BCUT2D eigenvalue weighted by molar-refractivity contribution is -0.161. The highest BCUT2D eigenvalue weighted by molar-refractivity contribution is 7.47. The van der Waals surface area contributed by atoms with E-state index in [1.165, 1.54) is 270 Å². The van der Waals surface area contributed by atoms with E-state index in [9.17, 15) is 43.2 Å². The number of carbonyl (C=O) groups excluding carboxylic acids is 4. The van der Waals surface area contributed by atoms with Crippen LogP contribution in [-0.4, -0.2) is 96.7 Å². The minimum Gasteiger partial charge on any atom is -0.462 e. The maximum absolute atomic E-state index is 13.1. The Morgan fingerprint density at radius 3 is 0.654 bits per heavy atom. The first-order valence-electron chi connectivity index (χ1n) is 44.1. The van der Waals surface area contributed by atoms with Crippen molar-refractivity contribution in [1.29, 1.82) is 0 Å². The third-order valence-electron chi connectivity index (χ3n) is 20.0. The number of ether oxygens (including phenoxy) is 4. The van der Waals surface area contributed by atoms with Gasteiger partial charge in [-0.1, -0.05) is 407 Å². The molecule has 0 rings (SSSR count). The normalized spacial score (nSPS) is 13.8. The molecule has 3 N–H and O–H groups in total. The molecule has 5 atom stereocenters.